The highest BCUT2D eigenvalue weighted by Gasteiger charge is 2.54. The zero-order valence-corrected chi connectivity index (χ0v) is 10.2. The average Bonchev–Trinajstić information content (AvgIpc) is 2.80. The average molecular weight is 215 g/mol. The maximum Gasteiger partial charge on any atom is -0.00115 e. The van der Waals surface area contributed by atoms with Crippen LogP contribution in [0.15, 0.2) is 24.3 Å². The summed E-state index contributed by atoms with van der Waals surface area (Å²) in [6.45, 7) is 6.94. The number of hydrogen-bond acceptors (Lipinski definition) is 1. The van der Waals surface area contributed by atoms with Crippen LogP contribution in [0.25, 0.3) is 0 Å². The molecular formula is C15H21N. The molecule has 0 amide bonds. The largest absolute Gasteiger partial charge is 0.316 e. The topological polar surface area (TPSA) is 12.0 Å². The molecule has 1 aromatic carbocycles. The molecular weight excluding hydrogens is 194 g/mol. The lowest BCUT2D eigenvalue weighted by Crippen LogP contribution is -2.23. The van der Waals surface area contributed by atoms with Gasteiger partial charge in [0.05, 0.1) is 0 Å². The van der Waals surface area contributed by atoms with E-state index in [1.165, 1.54) is 13.0 Å². The van der Waals surface area contributed by atoms with Crippen LogP contribution in [0.5, 0.6) is 0 Å². The van der Waals surface area contributed by atoms with Crippen molar-refractivity contribution in [1.82, 2.24) is 5.32 Å². The minimum Gasteiger partial charge on any atom is -0.316 e. The summed E-state index contributed by atoms with van der Waals surface area (Å²) in [5, 5.41) is 3.61. The molecule has 0 bridgehead atoms. The summed E-state index contributed by atoms with van der Waals surface area (Å²) in [6, 6.07) is 9.01. The van der Waals surface area contributed by atoms with Crippen molar-refractivity contribution >= 4 is 0 Å². The van der Waals surface area contributed by atoms with E-state index in [1.807, 2.05) is 0 Å². The van der Waals surface area contributed by atoms with E-state index in [4.69, 9.17) is 0 Å². The van der Waals surface area contributed by atoms with Crippen LogP contribution in [0.4, 0.5) is 0 Å². The highest BCUT2D eigenvalue weighted by molar-refractivity contribution is 5.43. The summed E-state index contributed by atoms with van der Waals surface area (Å²) in [4.78, 5) is 0. The first-order valence-electron chi connectivity index (χ1n) is 6.56. The van der Waals surface area contributed by atoms with E-state index >= 15 is 0 Å². The predicted octanol–water partition coefficient (Wildman–Crippen LogP) is 2.82. The molecule has 0 radical (unpaired) electrons. The van der Waals surface area contributed by atoms with Gasteiger partial charge in [-0.3, -0.25) is 0 Å². The highest BCUT2D eigenvalue weighted by atomic mass is 14.9. The molecule has 2 aliphatic carbocycles. The van der Waals surface area contributed by atoms with E-state index < -0.39 is 0 Å². The first kappa shape index (κ1) is 10.3. The van der Waals surface area contributed by atoms with Crippen molar-refractivity contribution in [2.45, 2.75) is 26.2 Å². The number of hydrogen-bond donors (Lipinski definition) is 1. The van der Waals surface area contributed by atoms with Crippen molar-refractivity contribution in [2.75, 3.05) is 13.1 Å². The SMILES string of the molecule is CC(C)CNCC1C2Cc3ccccc3C12. The third-order valence-electron chi connectivity index (χ3n) is 4.13. The van der Waals surface area contributed by atoms with E-state index in [9.17, 15) is 0 Å². The number of rotatable bonds is 4. The van der Waals surface area contributed by atoms with Crippen molar-refractivity contribution < 1.29 is 0 Å². The molecule has 1 N–H and O–H groups in total. The summed E-state index contributed by atoms with van der Waals surface area (Å²) in [6.07, 6.45) is 1.33. The molecule has 0 aliphatic heterocycles. The Morgan fingerprint density at radius 1 is 1.31 bits per heavy atom. The van der Waals surface area contributed by atoms with E-state index in [-0.39, 0.29) is 0 Å². The standard InChI is InChI=1S/C15H21N/c1-10(2)8-16-9-14-13-7-11-5-3-4-6-12(11)15(13)14/h3-6,10,13-16H,7-9H2,1-2H3. The van der Waals surface area contributed by atoms with Crippen molar-refractivity contribution in [3.8, 4) is 0 Å². The molecule has 0 heterocycles. The lowest BCUT2D eigenvalue weighted by molar-refractivity contribution is 0.518. The second-order valence-electron chi connectivity index (χ2n) is 5.81. The molecule has 1 fully saturated rings. The molecule has 1 aromatic rings. The number of benzene rings is 1. The molecule has 3 rings (SSSR count). The quantitative estimate of drug-likeness (QED) is 0.814. The molecule has 1 heteroatoms. The zero-order chi connectivity index (χ0) is 11.1. The van der Waals surface area contributed by atoms with E-state index in [1.54, 1.807) is 11.1 Å². The van der Waals surface area contributed by atoms with Crippen LogP contribution in [0.3, 0.4) is 0 Å². The fourth-order valence-electron chi connectivity index (χ4n) is 3.30. The molecule has 0 aromatic heterocycles. The third-order valence-corrected chi connectivity index (χ3v) is 4.13. The van der Waals surface area contributed by atoms with Gasteiger partial charge >= 0.3 is 0 Å². The number of fused-ring (bicyclic) bond motifs is 3. The highest BCUT2D eigenvalue weighted by Crippen LogP contribution is 2.60. The van der Waals surface area contributed by atoms with Crippen LogP contribution in [0.2, 0.25) is 0 Å². The van der Waals surface area contributed by atoms with E-state index in [2.05, 4.69) is 43.4 Å². The fourth-order valence-corrected chi connectivity index (χ4v) is 3.30. The second-order valence-corrected chi connectivity index (χ2v) is 5.81. The summed E-state index contributed by atoms with van der Waals surface area (Å²) in [5.74, 6) is 3.53. The minimum absolute atomic E-state index is 0.769. The fraction of sp³-hybridized carbons (Fsp3) is 0.600. The summed E-state index contributed by atoms with van der Waals surface area (Å²) < 4.78 is 0. The molecule has 16 heavy (non-hydrogen) atoms. The van der Waals surface area contributed by atoms with Gasteiger partial charge in [-0.2, -0.15) is 0 Å². The minimum atomic E-state index is 0.769. The molecule has 1 nitrogen and oxygen atoms in total. The zero-order valence-electron chi connectivity index (χ0n) is 10.2. The predicted molar refractivity (Wildman–Crippen MR) is 67.6 cm³/mol. The van der Waals surface area contributed by atoms with E-state index in [0.717, 1.165) is 30.2 Å². The Bertz CT molecular complexity index is 383. The Balaban J connectivity index is 1.58. The van der Waals surface area contributed by atoms with Crippen LogP contribution in [0, 0.1) is 17.8 Å². The van der Waals surface area contributed by atoms with Gasteiger partial charge in [-0.1, -0.05) is 38.1 Å². The number of nitrogens with one attached hydrogen (secondary N) is 1. The molecule has 86 valence electrons. The van der Waals surface area contributed by atoms with Crippen molar-refractivity contribution in [3.63, 3.8) is 0 Å². The molecule has 0 saturated heterocycles. The molecule has 3 atom stereocenters. The van der Waals surface area contributed by atoms with E-state index in [0.29, 0.717) is 0 Å². The van der Waals surface area contributed by atoms with Crippen LogP contribution < -0.4 is 5.32 Å². The van der Waals surface area contributed by atoms with Gasteiger partial charge in [-0.05, 0) is 54.3 Å². The van der Waals surface area contributed by atoms with Gasteiger partial charge in [0.2, 0.25) is 0 Å². The summed E-state index contributed by atoms with van der Waals surface area (Å²) in [7, 11) is 0. The maximum absolute atomic E-state index is 3.61. The van der Waals surface area contributed by atoms with Gasteiger partial charge in [-0.15, -0.1) is 0 Å². The van der Waals surface area contributed by atoms with Crippen molar-refractivity contribution in [1.29, 1.82) is 0 Å². The van der Waals surface area contributed by atoms with Crippen molar-refractivity contribution in [2.24, 2.45) is 17.8 Å². The van der Waals surface area contributed by atoms with Gasteiger partial charge in [0.15, 0.2) is 0 Å². The molecule has 2 aliphatic rings. The first-order valence-corrected chi connectivity index (χ1v) is 6.56. The van der Waals surface area contributed by atoms with Gasteiger partial charge in [0.1, 0.15) is 0 Å². The van der Waals surface area contributed by atoms with Crippen molar-refractivity contribution in [3.05, 3.63) is 35.4 Å². The summed E-state index contributed by atoms with van der Waals surface area (Å²) in [5.41, 5.74) is 3.25. The first-order chi connectivity index (χ1) is 7.77. The maximum atomic E-state index is 3.61. The Hall–Kier alpha value is -0.820. The molecule has 3 unspecified atom stereocenters. The van der Waals surface area contributed by atoms with Gasteiger partial charge in [0.25, 0.3) is 0 Å². The monoisotopic (exact) mass is 215 g/mol. The van der Waals surface area contributed by atoms with Crippen LogP contribution >= 0.6 is 0 Å². The van der Waals surface area contributed by atoms with Crippen LogP contribution in [-0.2, 0) is 6.42 Å². The molecule has 1 saturated carbocycles. The van der Waals surface area contributed by atoms with Gasteiger partial charge in [-0.25, -0.2) is 0 Å². The van der Waals surface area contributed by atoms with Gasteiger partial charge in [0, 0.05) is 0 Å². The lowest BCUT2D eigenvalue weighted by atomic mass is 10.0. The third kappa shape index (κ3) is 1.67. The normalized spacial score (nSPS) is 30.3. The van der Waals surface area contributed by atoms with Crippen LogP contribution in [0.1, 0.15) is 30.9 Å². The summed E-state index contributed by atoms with van der Waals surface area (Å²) >= 11 is 0. The lowest BCUT2D eigenvalue weighted by Gasteiger charge is -2.10. The Kier molecular flexibility index (Phi) is 2.51. The Labute approximate surface area is 98.3 Å². The molecule has 0 spiro atoms. The van der Waals surface area contributed by atoms with Gasteiger partial charge < -0.3 is 5.32 Å². The van der Waals surface area contributed by atoms with Crippen LogP contribution in [-0.4, -0.2) is 13.1 Å². The Morgan fingerprint density at radius 3 is 2.94 bits per heavy atom. The smallest absolute Gasteiger partial charge is 0.00115 e. The Morgan fingerprint density at radius 2 is 2.12 bits per heavy atom. The second kappa shape index (κ2) is 3.89.